The number of rotatable bonds is 5. The number of piperidine rings is 1. The number of halogens is 2. The summed E-state index contributed by atoms with van der Waals surface area (Å²) in [6.07, 6.45) is 2.67. The number of fused-ring (bicyclic) bond motifs is 1. The SMILES string of the molecule is Cc1cc(F)cc(C)c1Oc1ccc(C(C)(C)O)cc1-c1cn(C)c(=O)c2cc(C(=O)N3CCCC(C)(F)C3)sc12. The van der Waals surface area contributed by atoms with E-state index in [2.05, 4.69) is 0 Å². The van der Waals surface area contributed by atoms with E-state index in [0.29, 0.717) is 73.7 Å². The lowest BCUT2D eigenvalue weighted by atomic mass is 9.93. The van der Waals surface area contributed by atoms with E-state index in [4.69, 9.17) is 4.74 Å². The Kier molecular flexibility index (Phi) is 7.32. The smallest absolute Gasteiger partial charge is 0.264 e. The molecule has 2 aromatic carbocycles. The number of hydrogen-bond acceptors (Lipinski definition) is 5. The first-order valence-corrected chi connectivity index (χ1v) is 14.4. The molecule has 3 heterocycles. The maximum Gasteiger partial charge on any atom is 0.264 e. The van der Waals surface area contributed by atoms with Crippen molar-refractivity contribution in [1.82, 2.24) is 9.47 Å². The van der Waals surface area contributed by atoms with Crippen LogP contribution in [0.2, 0.25) is 0 Å². The third-order valence-corrected chi connectivity index (χ3v) is 8.76. The van der Waals surface area contributed by atoms with Crippen LogP contribution in [0.25, 0.3) is 21.2 Å². The molecule has 0 saturated carbocycles. The van der Waals surface area contributed by atoms with Gasteiger partial charge in [0.25, 0.3) is 11.5 Å². The molecule has 216 valence electrons. The molecule has 1 unspecified atom stereocenters. The molecule has 1 saturated heterocycles. The van der Waals surface area contributed by atoms with E-state index in [9.17, 15) is 23.5 Å². The molecule has 1 atom stereocenters. The van der Waals surface area contributed by atoms with Crippen LogP contribution in [-0.2, 0) is 12.6 Å². The van der Waals surface area contributed by atoms with Crippen molar-refractivity contribution in [1.29, 1.82) is 0 Å². The molecule has 6 nitrogen and oxygen atoms in total. The van der Waals surface area contributed by atoms with Gasteiger partial charge in [-0.2, -0.15) is 0 Å². The summed E-state index contributed by atoms with van der Waals surface area (Å²) in [4.78, 5) is 28.6. The van der Waals surface area contributed by atoms with Crippen molar-refractivity contribution in [3.8, 4) is 22.6 Å². The van der Waals surface area contributed by atoms with Crippen molar-refractivity contribution in [2.75, 3.05) is 13.1 Å². The predicted octanol–water partition coefficient (Wildman–Crippen LogP) is 7.01. The van der Waals surface area contributed by atoms with Gasteiger partial charge in [-0.15, -0.1) is 11.3 Å². The molecule has 0 aliphatic carbocycles. The standard InChI is InChI=1S/C32H34F2N2O4S/c1-18-12-21(33)13-19(2)27(18)40-25-9-8-20(31(3,4)39)14-22(25)24-16-35(6)29(37)23-15-26(41-28(23)24)30(38)36-11-7-10-32(5,34)17-36/h8-9,12-16,39H,7,10-11,17H2,1-6H3. The zero-order valence-electron chi connectivity index (χ0n) is 24.1. The zero-order valence-corrected chi connectivity index (χ0v) is 24.9. The summed E-state index contributed by atoms with van der Waals surface area (Å²) in [5.41, 5.74) is 0.219. The number of aromatic nitrogens is 1. The first-order chi connectivity index (χ1) is 19.1. The van der Waals surface area contributed by atoms with Gasteiger partial charge in [-0.1, -0.05) is 6.07 Å². The number of ether oxygens (including phenoxy) is 1. The van der Waals surface area contributed by atoms with Gasteiger partial charge in [0, 0.05) is 30.9 Å². The summed E-state index contributed by atoms with van der Waals surface area (Å²) in [5, 5.41) is 11.2. The number of benzene rings is 2. The number of aryl methyl sites for hydroxylation is 3. The normalized spacial score (nSPS) is 17.7. The van der Waals surface area contributed by atoms with Crippen LogP contribution in [0.5, 0.6) is 11.5 Å². The molecule has 0 bridgehead atoms. The molecule has 0 radical (unpaired) electrons. The van der Waals surface area contributed by atoms with Gasteiger partial charge in [-0.3, -0.25) is 9.59 Å². The quantitative estimate of drug-likeness (QED) is 0.276. The van der Waals surface area contributed by atoms with Crippen LogP contribution in [0.4, 0.5) is 8.78 Å². The Morgan fingerprint density at radius 1 is 1.12 bits per heavy atom. The average Bonchev–Trinajstić information content (AvgIpc) is 3.32. The summed E-state index contributed by atoms with van der Waals surface area (Å²) in [6.45, 7) is 8.86. The highest BCUT2D eigenvalue weighted by atomic mass is 32.1. The van der Waals surface area contributed by atoms with E-state index in [1.54, 1.807) is 59.1 Å². The molecule has 9 heteroatoms. The van der Waals surface area contributed by atoms with E-state index < -0.39 is 11.3 Å². The number of carbonyl (C=O) groups is 1. The Balaban J connectivity index is 1.69. The summed E-state index contributed by atoms with van der Waals surface area (Å²) in [5.74, 6) is 0.289. The fourth-order valence-electron chi connectivity index (χ4n) is 5.45. The van der Waals surface area contributed by atoms with E-state index in [-0.39, 0.29) is 23.8 Å². The summed E-state index contributed by atoms with van der Waals surface area (Å²) in [6, 6.07) is 9.71. The van der Waals surface area contributed by atoms with Gasteiger partial charge in [-0.05, 0) is 94.5 Å². The molecule has 2 aromatic heterocycles. The lowest BCUT2D eigenvalue weighted by molar-refractivity contribution is 0.0421. The molecule has 1 fully saturated rings. The Labute approximate surface area is 241 Å². The highest BCUT2D eigenvalue weighted by Crippen LogP contribution is 2.42. The van der Waals surface area contributed by atoms with E-state index in [1.807, 2.05) is 6.07 Å². The highest BCUT2D eigenvalue weighted by molar-refractivity contribution is 7.21. The van der Waals surface area contributed by atoms with Crippen LogP contribution in [-0.4, -0.2) is 39.2 Å². The maximum absolute atomic E-state index is 14.7. The van der Waals surface area contributed by atoms with Crippen molar-refractivity contribution >= 4 is 27.3 Å². The summed E-state index contributed by atoms with van der Waals surface area (Å²) < 4.78 is 37.2. The monoisotopic (exact) mass is 580 g/mol. The van der Waals surface area contributed by atoms with E-state index >= 15 is 0 Å². The van der Waals surface area contributed by atoms with Crippen molar-refractivity contribution < 1.29 is 23.4 Å². The van der Waals surface area contributed by atoms with Gasteiger partial charge in [0.1, 0.15) is 23.0 Å². The lowest BCUT2D eigenvalue weighted by Gasteiger charge is -2.34. The zero-order chi connectivity index (χ0) is 29.9. The number of amides is 1. The molecular weight excluding hydrogens is 546 g/mol. The van der Waals surface area contributed by atoms with Gasteiger partial charge in [0.2, 0.25) is 0 Å². The second kappa shape index (κ2) is 10.4. The average molecular weight is 581 g/mol. The number of thiophene rings is 1. The molecular formula is C32H34F2N2O4S. The van der Waals surface area contributed by atoms with Gasteiger partial charge in [0.15, 0.2) is 0 Å². The predicted molar refractivity (Wildman–Crippen MR) is 158 cm³/mol. The lowest BCUT2D eigenvalue weighted by Crippen LogP contribution is -2.46. The highest BCUT2D eigenvalue weighted by Gasteiger charge is 2.34. The van der Waals surface area contributed by atoms with Crippen LogP contribution < -0.4 is 10.3 Å². The minimum Gasteiger partial charge on any atom is -0.456 e. The molecule has 41 heavy (non-hydrogen) atoms. The Morgan fingerprint density at radius 2 is 1.80 bits per heavy atom. The van der Waals surface area contributed by atoms with Crippen LogP contribution in [0.1, 0.15) is 60.0 Å². The van der Waals surface area contributed by atoms with E-state index in [0.717, 1.165) is 0 Å². The van der Waals surface area contributed by atoms with Gasteiger partial charge in [0.05, 0.1) is 27.1 Å². The minimum absolute atomic E-state index is 0.00688. The largest absolute Gasteiger partial charge is 0.456 e. The third kappa shape index (κ3) is 5.65. The number of nitrogens with zero attached hydrogens (tertiary/aromatic N) is 2. The number of aliphatic hydroxyl groups is 1. The first-order valence-electron chi connectivity index (χ1n) is 13.6. The topological polar surface area (TPSA) is 71.8 Å². The molecule has 1 N–H and O–H groups in total. The van der Waals surface area contributed by atoms with Gasteiger partial charge < -0.3 is 19.3 Å². The molecule has 1 aliphatic rings. The molecule has 1 amide bonds. The van der Waals surface area contributed by atoms with Crippen molar-refractivity contribution in [3.63, 3.8) is 0 Å². The van der Waals surface area contributed by atoms with Crippen molar-refractivity contribution in [2.45, 2.75) is 58.7 Å². The Morgan fingerprint density at radius 3 is 2.44 bits per heavy atom. The van der Waals surface area contributed by atoms with Gasteiger partial charge in [-0.25, -0.2) is 8.78 Å². The maximum atomic E-state index is 14.7. The van der Waals surface area contributed by atoms with Crippen LogP contribution >= 0.6 is 11.3 Å². The fourth-order valence-corrected chi connectivity index (χ4v) is 6.59. The molecule has 1 aliphatic heterocycles. The fraction of sp³-hybridized carbons (Fsp3) is 0.375. The summed E-state index contributed by atoms with van der Waals surface area (Å²) >= 11 is 1.19. The number of pyridine rings is 1. The Bertz CT molecular complexity index is 1710. The van der Waals surface area contributed by atoms with Crippen LogP contribution in [0, 0.1) is 19.7 Å². The molecule has 5 rings (SSSR count). The molecule has 4 aromatic rings. The second-order valence-corrected chi connectivity index (χ2v) is 12.8. The van der Waals surface area contributed by atoms with E-state index in [1.165, 1.54) is 39.9 Å². The minimum atomic E-state index is -1.45. The second-order valence-electron chi connectivity index (χ2n) is 11.8. The van der Waals surface area contributed by atoms with Crippen LogP contribution in [0.15, 0.2) is 47.4 Å². The number of hydrogen-bond donors (Lipinski definition) is 1. The summed E-state index contributed by atoms with van der Waals surface area (Å²) in [7, 11) is 1.64. The van der Waals surface area contributed by atoms with Gasteiger partial charge >= 0.3 is 0 Å². The van der Waals surface area contributed by atoms with Crippen molar-refractivity contribution in [3.05, 3.63) is 80.3 Å². The Hall–Kier alpha value is -3.56. The number of likely N-dealkylation sites (tertiary alicyclic amines) is 1. The van der Waals surface area contributed by atoms with Crippen molar-refractivity contribution in [2.24, 2.45) is 7.05 Å². The third-order valence-electron chi connectivity index (χ3n) is 7.61. The number of carbonyl (C=O) groups excluding carboxylic acids is 1. The number of alkyl halides is 1. The molecule has 0 spiro atoms. The van der Waals surface area contributed by atoms with Crippen LogP contribution in [0.3, 0.4) is 0 Å². The first kappa shape index (κ1) is 29.0.